The van der Waals surface area contributed by atoms with Crippen LogP contribution in [0.3, 0.4) is 0 Å². The monoisotopic (exact) mass is 235 g/mol. The van der Waals surface area contributed by atoms with E-state index in [2.05, 4.69) is 0 Å². The zero-order valence-electron chi connectivity index (χ0n) is 9.34. The third kappa shape index (κ3) is 3.14. The van der Waals surface area contributed by atoms with Crippen LogP contribution in [0.15, 0.2) is 30.3 Å². The summed E-state index contributed by atoms with van der Waals surface area (Å²) in [5.74, 6) is -0.415. The van der Waals surface area contributed by atoms with Gasteiger partial charge in [-0.15, -0.1) is 0 Å². The molecule has 1 atom stereocenters. The van der Waals surface area contributed by atoms with Gasteiger partial charge in [-0.3, -0.25) is 4.79 Å². The van der Waals surface area contributed by atoms with Crippen molar-refractivity contribution in [3.8, 4) is 0 Å². The van der Waals surface area contributed by atoms with Crippen LogP contribution in [0.5, 0.6) is 0 Å². The zero-order chi connectivity index (χ0) is 12.3. The molecule has 1 aromatic rings. The van der Waals surface area contributed by atoms with Gasteiger partial charge in [0.25, 0.3) is 0 Å². The fourth-order valence-corrected chi connectivity index (χ4v) is 1.79. The van der Waals surface area contributed by atoms with Crippen molar-refractivity contribution in [2.24, 2.45) is 0 Å². The van der Waals surface area contributed by atoms with E-state index in [0.29, 0.717) is 19.5 Å². The molecule has 1 aromatic carbocycles. The number of rotatable bonds is 2. The summed E-state index contributed by atoms with van der Waals surface area (Å²) in [6, 6.07) is 5.92. The fourth-order valence-electron chi connectivity index (χ4n) is 1.79. The van der Waals surface area contributed by atoms with Crippen molar-refractivity contribution in [2.75, 3.05) is 13.1 Å². The number of amides is 1. The molecule has 1 heterocycles. The first-order valence-corrected chi connectivity index (χ1v) is 5.56. The van der Waals surface area contributed by atoms with Crippen molar-refractivity contribution in [2.45, 2.75) is 12.5 Å². The first-order chi connectivity index (χ1) is 8.15. The highest BCUT2D eigenvalue weighted by atomic mass is 19.1. The van der Waals surface area contributed by atoms with E-state index in [0.717, 1.165) is 5.56 Å². The predicted molar refractivity (Wildman–Crippen MR) is 62.6 cm³/mol. The van der Waals surface area contributed by atoms with Gasteiger partial charge in [0.05, 0.1) is 6.10 Å². The molecule has 17 heavy (non-hydrogen) atoms. The van der Waals surface area contributed by atoms with Gasteiger partial charge < -0.3 is 10.0 Å². The van der Waals surface area contributed by atoms with Gasteiger partial charge in [-0.2, -0.15) is 0 Å². The second kappa shape index (κ2) is 5.10. The number of β-amino-alcohol motifs (C(OH)–C–C–N with tert-alkyl or cyclic N) is 1. The first kappa shape index (κ1) is 11.8. The molecule has 90 valence electrons. The Morgan fingerprint density at radius 2 is 2.12 bits per heavy atom. The molecule has 0 saturated carbocycles. The zero-order valence-corrected chi connectivity index (χ0v) is 9.34. The quantitative estimate of drug-likeness (QED) is 0.788. The largest absolute Gasteiger partial charge is 0.391 e. The second-order valence-corrected chi connectivity index (χ2v) is 4.11. The summed E-state index contributed by atoms with van der Waals surface area (Å²) in [6.45, 7) is 0.986. The lowest BCUT2D eigenvalue weighted by molar-refractivity contribution is -0.125. The molecule has 1 saturated heterocycles. The van der Waals surface area contributed by atoms with Gasteiger partial charge in [0.15, 0.2) is 0 Å². The van der Waals surface area contributed by atoms with Gasteiger partial charge in [-0.05, 0) is 30.2 Å². The highest BCUT2D eigenvalue weighted by Gasteiger charge is 2.22. The van der Waals surface area contributed by atoms with E-state index < -0.39 is 6.10 Å². The number of carbonyl (C=O) groups is 1. The third-order valence-corrected chi connectivity index (χ3v) is 2.76. The molecule has 2 rings (SSSR count). The molecule has 0 bridgehead atoms. The van der Waals surface area contributed by atoms with Crippen molar-refractivity contribution in [3.63, 3.8) is 0 Å². The van der Waals surface area contributed by atoms with Crippen LogP contribution in [-0.4, -0.2) is 35.1 Å². The number of halogens is 1. The lowest BCUT2D eigenvalue weighted by atomic mass is 10.2. The minimum atomic E-state index is -0.404. The summed E-state index contributed by atoms with van der Waals surface area (Å²) in [4.78, 5) is 13.3. The van der Waals surface area contributed by atoms with E-state index in [1.165, 1.54) is 18.2 Å². The second-order valence-electron chi connectivity index (χ2n) is 4.11. The number of carbonyl (C=O) groups excluding carboxylic acids is 1. The van der Waals surface area contributed by atoms with Gasteiger partial charge >= 0.3 is 0 Å². The number of likely N-dealkylation sites (tertiary alicyclic amines) is 1. The Balaban J connectivity index is 1.96. The summed E-state index contributed by atoms with van der Waals surface area (Å²) < 4.78 is 12.6. The Bertz CT molecular complexity index is 428. The highest BCUT2D eigenvalue weighted by molar-refractivity contribution is 5.91. The number of benzene rings is 1. The Labute approximate surface area is 99.2 Å². The van der Waals surface area contributed by atoms with E-state index in [9.17, 15) is 14.3 Å². The Morgan fingerprint density at radius 3 is 2.71 bits per heavy atom. The number of hydrogen-bond donors (Lipinski definition) is 1. The van der Waals surface area contributed by atoms with E-state index in [1.54, 1.807) is 23.1 Å². The molecule has 4 heteroatoms. The molecule has 0 aliphatic carbocycles. The third-order valence-electron chi connectivity index (χ3n) is 2.76. The smallest absolute Gasteiger partial charge is 0.246 e. The summed E-state index contributed by atoms with van der Waals surface area (Å²) in [5.41, 5.74) is 0.777. The molecule has 3 nitrogen and oxygen atoms in total. The molecule has 1 amide bonds. The topological polar surface area (TPSA) is 40.5 Å². The molecule has 0 aromatic heterocycles. The van der Waals surface area contributed by atoms with Crippen LogP contribution in [-0.2, 0) is 4.79 Å². The summed E-state index contributed by atoms with van der Waals surface area (Å²) in [7, 11) is 0. The standard InChI is InChI=1S/C13H14FNO2/c14-11-4-1-10(2-5-11)3-6-13(17)15-8-7-12(16)9-15/h1-6,12,16H,7-9H2. The van der Waals surface area contributed by atoms with Crippen LogP contribution in [0.4, 0.5) is 4.39 Å². The van der Waals surface area contributed by atoms with Gasteiger partial charge in [0, 0.05) is 19.2 Å². The van der Waals surface area contributed by atoms with Gasteiger partial charge in [-0.25, -0.2) is 4.39 Å². The summed E-state index contributed by atoms with van der Waals surface area (Å²) >= 11 is 0. The number of hydrogen-bond acceptors (Lipinski definition) is 2. The van der Waals surface area contributed by atoms with E-state index in [4.69, 9.17) is 0 Å². The molecule has 1 aliphatic rings. The minimum absolute atomic E-state index is 0.120. The van der Waals surface area contributed by atoms with Gasteiger partial charge in [0.1, 0.15) is 5.82 Å². The number of aliphatic hydroxyl groups excluding tert-OH is 1. The molecule has 1 unspecified atom stereocenters. The predicted octanol–water partition coefficient (Wildman–Crippen LogP) is 1.43. The Hall–Kier alpha value is -1.68. The average Bonchev–Trinajstić information content (AvgIpc) is 2.75. The maximum atomic E-state index is 12.6. The van der Waals surface area contributed by atoms with Crippen molar-refractivity contribution >= 4 is 12.0 Å². The van der Waals surface area contributed by atoms with E-state index in [1.807, 2.05) is 0 Å². The lowest BCUT2D eigenvalue weighted by Gasteiger charge is -2.12. The maximum Gasteiger partial charge on any atom is 0.246 e. The lowest BCUT2D eigenvalue weighted by Crippen LogP contribution is -2.27. The normalized spacial score (nSPS) is 20.1. The molecule has 0 radical (unpaired) electrons. The van der Waals surface area contributed by atoms with Crippen LogP contribution in [0.1, 0.15) is 12.0 Å². The van der Waals surface area contributed by atoms with Crippen molar-refractivity contribution in [3.05, 3.63) is 41.7 Å². The summed E-state index contributed by atoms with van der Waals surface area (Å²) in [5, 5.41) is 9.30. The molecule has 1 aliphatic heterocycles. The van der Waals surface area contributed by atoms with Gasteiger partial charge in [0.2, 0.25) is 5.91 Å². The van der Waals surface area contributed by atoms with Crippen molar-refractivity contribution in [1.82, 2.24) is 4.90 Å². The van der Waals surface area contributed by atoms with Gasteiger partial charge in [-0.1, -0.05) is 12.1 Å². The molecule has 1 N–H and O–H groups in total. The molecular formula is C13H14FNO2. The molecular weight excluding hydrogens is 221 g/mol. The van der Waals surface area contributed by atoms with Crippen LogP contribution >= 0.6 is 0 Å². The van der Waals surface area contributed by atoms with E-state index in [-0.39, 0.29) is 11.7 Å². The molecule has 1 fully saturated rings. The van der Waals surface area contributed by atoms with Crippen LogP contribution in [0.2, 0.25) is 0 Å². The number of nitrogens with zero attached hydrogens (tertiary/aromatic N) is 1. The van der Waals surface area contributed by atoms with Crippen molar-refractivity contribution in [1.29, 1.82) is 0 Å². The van der Waals surface area contributed by atoms with Crippen LogP contribution in [0, 0.1) is 5.82 Å². The first-order valence-electron chi connectivity index (χ1n) is 5.56. The average molecular weight is 235 g/mol. The van der Waals surface area contributed by atoms with Crippen molar-refractivity contribution < 1.29 is 14.3 Å². The van der Waals surface area contributed by atoms with E-state index >= 15 is 0 Å². The molecule has 0 spiro atoms. The van der Waals surface area contributed by atoms with Crippen LogP contribution < -0.4 is 0 Å². The van der Waals surface area contributed by atoms with Crippen LogP contribution in [0.25, 0.3) is 6.08 Å². The SMILES string of the molecule is O=C(C=Cc1ccc(F)cc1)N1CCC(O)C1. The maximum absolute atomic E-state index is 12.6. The Kier molecular flexibility index (Phi) is 3.54. The fraction of sp³-hybridized carbons (Fsp3) is 0.308. The highest BCUT2D eigenvalue weighted by Crippen LogP contribution is 2.10. The Morgan fingerprint density at radius 1 is 1.41 bits per heavy atom. The number of aliphatic hydroxyl groups is 1. The summed E-state index contributed by atoms with van der Waals surface area (Å²) in [6.07, 6.45) is 3.33. The minimum Gasteiger partial charge on any atom is -0.391 e.